The molecule has 0 spiro atoms. The fourth-order valence-electron chi connectivity index (χ4n) is 5.06. The standard InChI is InChI=1S/C32H35ClN2O4/c1-35(2)18-17-32(36,24-13-9-14-25(33)20-24)29(26-15-10-16-28(37-3)30(26)38-4)27-19-23(21-34-31(27)39-5)22-11-7-6-8-12-22/h6-16,19-21,29,36H,17-18H2,1-5H3. The smallest absolute Gasteiger partial charge is 0.217 e. The van der Waals surface area contributed by atoms with E-state index >= 15 is 0 Å². The third-order valence-electron chi connectivity index (χ3n) is 6.98. The second-order valence-corrected chi connectivity index (χ2v) is 10.1. The highest BCUT2D eigenvalue weighted by atomic mass is 35.5. The lowest BCUT2D eigenvalue weighted by molar-refractivity contribution is 0.00313. The van der Waals surface area contributed by atoms with Crippen LogP contribution in [-0.4, -0.2) is 57.0 Å². The summed E-state index contributed by atoms with van der Waals surface area (Å²) in [4.78, 5) is 6.74. The summed E-state index contributed by atoms with van der Waals surface area (Å²) in [6, 6.07) is 25.1. The molecule has 39 heavy (non-hydrogen) atoms. The number of aromatic nitrogens is 1. The summed E-state index contributed by atoms with van der Waals surface area (Å²) in [5, 5.41) is 13.5. The van der Waals surface area contributed by atoms with Crippen molar-refractivity contribution in [2.24, 2.45) is 0 Å². The number of hydrogen-bond acceptors (Lipinski definition) is 6. The zero-order valence-electron chi connectivity index (χ0n) is 23.0. The van der Waals surface area contributed by atoms with E-state index in [1.54, 1.807) is 33.6 Å². The minimum absolute atomic E-state index is 0.393. The van der Waals surface area contributed by atoms with E-state index in [1.165, 1.54) is 0 Å². The highest BCUT2D eigenvalue weighted by Crippen LogP contribution is 2.51. The van der Waals surface area contributed by atoms with Gasteiger partial charge in [-0.2, -0.15) is 0 Å². The van der Waals surface area contributed by atoms with Crippen molar-refractivity contribution in [2.45, 2.75) is 17.9 Å². The van der Waals surface area contributed by atoms with Gasteiger partial charge in [0.2, 0.25) is 5.88 Å². The Morgan fingerprint density at radius 2 is 1.59 bits per heavy atom. The van der Waals surface area contributed by atoms with Crippen LogP contribution in [0, 0.1) is 0 Å². The highest BCUT2D eigenvalue weighted by Gasteiger charge is 2.44. The van der Waals surface area contributed by atoms with Gasteiger partial charge in [0.05, 0.1) is 27.2 Å². The zero-order valence-corrected chi connectivity index (χ0v) is 23.8. The molecule has 0 radical (unpaired) electrons. The second kappa shape index (κ2) is 12.5. The third kappa shape index (κ3) is 6.04. The first-order chi connectivity index (χ1) is 18.8. The molecule has 0 saturated heterocycles. The van der Waals surface area contributed by atoms with Crippen molar-refractivity contribution in [3.05, 3.63) is 107 Å². The van der Waals surface area contributed by atoms with Crippen LogP contribution in [0.2, 0.25) is 5.02 Å². The van der Waals surface area contributed by atoms with E-state index in [4.69, 9.17) is 30.8 Å². The SMILES string of the molecule is COc1cccc(C(c2cc(-c3ccccc3)cnc2OC)C(O)(CCN(C)C)c2cccc(Cl)c2)c1OC. The molecule has 1 heterocycles. The maximum Gasteiger partial charge on any atom is 0.217 e. The maximum atomic E-state index is 12.9. The molecule has 3 aromatic carbocycles. The number of ether oxygens (including phenoxy) is 3. The summed E-state index contributed by atoms with van der Waals surface area (Å²) in [5.41, 5.74) is 2.61. The van der Waals surface area contributed by atoms with Gasteiger partial charge in [-0.3, -0.25) is 0 Å². The fourth-order valence-corrected chi connectivity index (χ4v) is 5.25. The molecule has 7 heteroatoms. The molecule has 0 aliphatic carbocycles. The third-order valence-corrected chi connectivity index (χ3v) is 7.21. The minimum atomic E-state index is -1.43. The van der Waals surface area contributed by atoms with Crippen molar-refractivity contribution in [1.82, 2.24) is 9.88 Å². The van der Waals surface area contributed by atoms with E-state index in [2.05, 4.69) is 0 Å². The minimum Gasteiger partial charge on any atom is -0.493 e. The molecule has 1 aromatic heterocycles. The number of methoxy groups -OCH3 is 3. The Kier molecular flexibility index (Phi) is 9.12. The number of halogens is 1. The van der Waals surface area contributed by atoms with Crippen LogP contribution < -0.4 is 14.2 Å². The number of benzene rings is 3. The van der Waals surface area contributed by atoms with Gasteiger partial charge < -0.3 is 24.2 Å². The molecule has 0 bridgehead atoms. The molecule has 0 fully saturated rings. The Balaban J connectivity index is 2.08. The Hall–Kier alpha value is -3.58. The van der Waals surface area contributed by atoms with Gasteiger partial charge in [-0.15, -0.1) is 0 Å². The van der Waals surface area contributed by atoms with Gasteiger partial charge in [-0.05, 0) is 55.9 Å². The van der Waals surface area contributed by atoms with Crippen molar-refractivity contribution >= 4 is 11.6 Å². The molecule has 2 atom stereocenters. The number of aliphatic hydroxyl groups is 1. The average molecular weight is 547 g/mol. The Morgan fingerprint density at radius 1 is 0.846 bits per heavy atom. The summed E-state index contributed by atoms with van der Waals surface area (Å²) >= 11 is 6.48. The molecular weight excluding hydrogens is 512 g/mol. The Labute approximate surface area is 235 Å². The van der Waals surface area contributed by atoms with E-state index in [-0.39, 0.29) is 0 Å². The fraction of sp³-hybridized carbons (Fsp3) is 0.281. The van der Waals surface area contributed by atoms with Gasteiger partial charge in [0.25, 0.3) is 0 Å². The first-order valence-electron chi connectivity index (χ1n) is 12.8. The van der Waals surface area contributed by atoms with Crippen LogP contribution in [0.1, 0.15) is 29.0 Å². The molecule has 0 saturated carbocycles. The predicted octanol–water partition coefficient (Wildman–Crippen LogP) is 6.40. The summed E-state index contributed by atoms with van der Waals surface area (Å²) < 4.78 is 17.4. The molecule has 4 aromatic rings. The van der Waals surface area contributed by atoms with Gasteiger partial charge in [0.1, 0.15) is 5.60 Å². The predicted molar refractivity (Wildman–Crippen MR) is 156 cm³/mol. The van der Waals surface area contributed by atoms with Crippen molar-refractivity contribution in [1.29, 1.82) is 0 Å². The summed E-state index contributed by atoms with van der Waals surface area (Å²) in [5.74, 6) is 0.844. The molecule has 0 amide bonds. The Bertz CT molecular complexity index is 1400. The van der Waals surface area contributed by atoms with Crippen molar-refractivity contribution in [3.8, 4) is 28.5 Å². The van der Waals surface area contributed by atoms with Gasteiger partial charge in [-0.25, -0.2) is 4.98 Å². The van der Waals surface area contributed by atoms with Crippen LogP contribution in [0.4, 0.5) is 0 Å². The van der Waals surface area contributed by atoms with Crippen LogP contribution in [0.5, 0.6) is 17.4 Å². The van der Waals surface area contributed by atoms with E-state index < -0.39 is 11.5 Å². The normalized spacial score (nSPS) is 13.5. The second-order valence-electron chi connectivity index (χ2n) is 9.69. The first kappa shape index (κ1) is 28.4. The molecular formula is C32H35ClN2O4. The van der Waals surface area contributed by atoms with Crippen LogP contribution >= 0.6 is 11.6 Å². The van der Waals surface area contributed by atoms with E-state index in [0.717, 1.165) is 16.7 Å². The number of para-hydroxylation sites is 1. The van der Waals surface area contributed by atoms with Crippen molar-refractivity contribution < 1.29 is 19.3 Å². The molecule has 4 rings (SSSR count). The topological polar surface area (TPSA) is 64.0 Å². The lowest BCUT2D eigenvalue weighted by Gasteiger charge is -2.39. The lowest BCUT2D eigenvalue weighted by atomic mass is 9.71. The largest absolute Gasteiger partial charge is 0.493 e. The monoisotopic (exact) mass is 546 g/mol. The molecule has 2 unspecified atom stereocenters. The lowest BCUT2D eigenvalue weighted by Crippen LogP contribution is -2.38. The van der Waals surface area contributed by atoms with Crippen molar-refractivity contribution in [3.63, 3.8) is 0 Å². The number of hydrogen-bond donors (Lipinski definition) is 1. The van der Waals surface area contributed by atoms with Crippen molar-refractivity contribution in [2.75, 3.05) is 42.0 Å². The van der Waals surface area contributed by atoms with Gasteiger partial charge in [0, 0.05) is 34.5 Å². The van der Waals surface area contributed by atoms with E-state index in [9.17, 15) is 5.11 Å². The summed E-state index contributed by atoms with van der Waals surface area (Å²) in [6.07, 6.45) is 2.18. The Morgan fingerprint density at radius 3 is 2.23 bits per heavy atom. The number of pyridine rings is 1. The van der Waals surface area contributed by atoms with Crippen LogP contribution in [0.15, 0.2) is 85.1 Å². The molecule has 0 aliphatic heterocycles. The molecule has 204 valence electrons. The number of nitrogens with zero attached hydrogens (tertiary/aromatic N) is 2. The number of rotatable bonds is 11. The van der Waals surface area contributed by atoms with Gasteiger partial charge in [0.15, 0.2) is 11.5 Å². The highest BCUT2D eigenvalue weighted by molar-refractivity contribution is 6.30. The van der Waals surface area contributed by atoms with Crippen LogP contribution in [0.25, 0.3) is 11.1 Å². The van der Waals surface area contributed by atoms with Crippen LogP contribution in [-0.2, 0) is 5.60 Å². The zero-order chi connectivity index (χ0) is 28.0. The first-order valence-corrected chi connectivity index (χ1v) is 13.1. The molecule has 6 nitrogen and oxygen atoms in total. The summed E-state index contributed by atoms with van der Waals surface area (Å²) in [7, 11) is 8.76. The quantitative estimate of drug-likeness (QED) is 0.235. The van der Waals surface area contributed by atoms with Gasteiger partial charge >= 0.3 is 0 Å². The maximum absolute atomic E-state index is 12.9. The molecule has 0 aliphatic rings. The summed E-state index contributed by atoms with van der Waals surface area (Å²) in [6.45, 7) is 0.611. The van der Waals surface area contributed by atoms with Crippen LogP contribution in [0.3, 0.4) is 0 Å². The van der Waals surface area contributed by atoms with Gasteiger partial charge in [-0.1, -0.05) is 66.2 Å². The molecule has 1 N–H and O–H groups in total. The van der Waals surface area contributed by atoms with E-state index in [1.807, 2.05) is 91.8 Å². The van der Waals surface area contributed by atoms with E-state index in [0.29, 0.717) is 46.5 Å². The average Bonchev–Trinajstić information content (AvgIpc) is 2.96.